The molecule has 1 aromatic heterocycles. The molecule has 0 bridgehead atoms. The van der Waals surface area contributed by atoms with E-state index in [2.05, 4.69) is 33.2 Å². The Bertz CT molecular complexity index is 550. The number of aryl methyl sites for hydroxylation is 1. The molecule has 2 aromatic rings. The molecule has 0 saturated carbocycles. The zero-order chi connectivity index (χ0) is 14.1. The number of aromatic nitrogens is 1. The molecule has 0 aliphatic heterocycles. The van der Waals surface area contributed by atoms with Crippen LogP contribution in [0.1, 0.15) is 17.6 Å². The Morgan fingerprint density at radius 2 is 2.05 bits per heavy atom. The summed E-state index contributed by atoms with van der Waals surface area (Å²) in [6, 6.07) is 7.84. The number of rotatable bonds is 4. The second kappa shape index (κ2) is 8.58. The molecule has 100 valence electrons. The van der Waals surface area contributed by atoms with Crippen LogP contribution in [0.15, 0.2) is 34.1 Å². The summed E-state index contributed by atoms with van der Waals surface area (Å²) in [4.78, 5) is 20.7. The number of carbonyl (C=O) groups excluding carboxylic acids is 2. The number of para-hydroxylation sites is 1. The zero-order valence-corrected chi connectivity index (χ0v) is 12.7. The van der Waals surface area contributed by atoms with E-state index >= 15 is 0 Å². The average molecular weight is 342 g/mol. The lowest BCUT2D eigenvalue weighted by molar-refractivity contribution is -0.191. The van der Waals surface area contributed by atoms with Gasteiger partial charge in [-0.15, -0.1) is 11.3 Å². The lowest BCUT2D eigenvalue weighted by Crippen LogP contribution is -1.95. The molecule has 0 radical (unpaired) electrons. The molecule has 4 nitrogen and oxygen atoms in total. The van der Waals surface area contributed by atoms with Gasteiger partial charge in [0, 0.05) is 5.38 Å². The van der Waals surface area contributed by atoms with Gasteiger partial charge < -0.3 is 4.74 Å². The van der Waals surface area contributed by atoms with Crippen LogP contribution in [-0.2, 0) is 22.6 Å². The molecule has 2 rings (SSSR count). The maximum absolute atomic E-state index is 8.12. The lowest BCUT2D eigenvalue weighted by atomic mass is 10.3. The van der Waals surface area contributed by atoms with E-state index in [4.69, 9.17) is 14.3 Å². The maximum atomic E-state index is 8.12. The van der Waals surface area contributed by atoms with Crippen LogP contribution >= 0.6 is 27.3 Å². The van der Waals surface area contributed by atoms with Crippen molar-refractivity contribution in [1.82, 2.24) is 4.98 Å². The van der Waals surface area contributed by atoms with E-state index in [1.165, 1.54) is 0 Å². The zero-order valence-electron chi connectivity index (χ0n) is 10.3. The fraction of sp³-hybridized carbons (Fsp3) is 0.231. The summed E-state index contributed by atoms with van der Waals surface area (Å²) in [6.07, 6.45) is 1.23. The molecule has 1 heterocycles. The van der Waals surface area contributed by atoms with Crippen LogP contribution in [0.5, 0.6) is 5.75 Å². The molecule has 0 unspecified atom stereocenters. The van der Waals surface area contributed by atoms with Crippen molar-refractivity contribution in [2.75, 3.05) is 0 Å². The van der Waals surface area contributed by atoms with Gasteiger partial charge in [-0.1, -0.05) is 19.1 Å². The Kier molecular flexibility index (Phi) is 7.03. The first kappa shape index (κ1) is 15.6. The summed E-state index contributed by atoms with van der Waals surface area (Å²) in [5.74, 6) is 0.857. The number of thiazole rings is 1. The van der Waals surface area contributed by atoms with Crippen LogP contribution in [0.3, 0.4) is 0 Å². The van der Waals surface area contributed by atoms with E-state index in [-0.39, 0.29) is 6.15 Å². The largest absolute Gasteiger partial charge is 0.485 e. The Hall–Kier alpha value is -1.49. The van der Waals surface area contributed by atoms with Crippen LogP contribution in [0.25, 0.3) is 0 Å². The van der Waals surface area contributed by atoms with Gasteiger partial charge in [-0.05, 0) is 34.5 Å². The summed E-state index contributed by atoms with van der Waals surface area (Å²) < 4.78 is 6.66. The molecule has 0 aliphatic rings. The van der Waals surface area contributed by atoms with Gasteiger partial charge in [0.1, 0.15) is 17.4 Å². The molecule has 0 spiro atoms. The van der Waals surface area contributed by atoms with Gasteiger partial charge >= 0.3 is 6.15 Å². The molecule has 0 aliphatic carbocycles. The predicted molar refractivity (Wildman–Crippen MR) is 75.0 cm³/mol. The van der Waals surface area contributed by atoms with E-state index in [1.54, 1.807) is 11.3 Å². The molecule has 0 amide bonds. The van der Waals surface area contributed by atoms with Crippen LogP contribution in [-0.4, -0.2) is 11.1 Å². The fourth-order valence-electron chi connectivity index (χ4n) is 1.28. The van der Waals surface area contributed by atoms with Crippen LogP contribution in [0.2, 0.25) is 0 Å². The minimum Gasteiger partial charge on any atom is -0.485 e. The molecule has 1 aromatic carbocycles. The normalized spacial score (nSPS) is 9.16. The SMILES string of the molecule is CCc1csc(COc2ccccc2Br)n1.O=C=O. The Balaban J connectivity index is 0.000000550. The molecule has 0 N–H and O–H groups in total. The predicted octanol–water partition coefficient (Wildman–Crippen LogP) is 3.46. The molecule has 19 heavy (non-hydrogen) atoms. The molecule has 0 fully saturated rings. The van der Waals surface area contributed by atoms with Crippen molar-refractivity contribution in [2.24, 2.45) is 0 Å². The average Bonchev–Trinajstić information content (AvgIpc) is 2.87. The monoisotopic (exact) mass is 341 g/mol. The number of hydrogen-bond donors (Lipinski definition) is 0. The highest BCUT2D eigenvalue weighted by Gasteiger charge is 2.03. The first-order valence-corrected chi connectivity index (χ1v) is 7.18. The summed E-state index contributed by atoms with van der Waals surface area (Å²) >= 11 is 5.09. The van der Waals surface area contributed by atoms with Crippen LogP contribution in [0.4, 0.5) is 0 Å². The maximum Gasteiger partial charge on any atom is 0.373 e. The first-order valence-electron chi connectivity index (χ1n) is 5.51. The minimum absolute atomic E-state index is 0.250. The second-order valence-electron chi connectivity index (χ2n) is 3.39. The lowest BCUT2D eigenvalue weighted by Gasteiger charge is -2.05. The van der Waals surface area contributed by atoms with Gasteiger partial charge in [0.15, 0.2) is 0 Å². The first-order chi connectivity index (χ1) is 9.21. The number of benzene rings is 1. The molecule has 0 atom stereocenters. The number of hydrogen-bond acceptors (Lipinski definition) is 5. The van der Waals surface area contributed by atoms with Gasteiger partial charge in [-0.3, -0.25) is 0 Å². The van der Waals surface area contributed by atoms with Gasteiger partial charge in [-0.25, -0.2) is 4.98 Å². The summed E-state index contributed by atoms with van der Waals surface area (Å²) in [7, 11) is 0. The van der Waals surface area contributed by atoms with E-state index in [0.717, 1.165) is 27.3 Å². The van der Waals surface area contributed by atoms with E-state index in [0.29, 0.717) is 6.61 Å². The van der Waals surface area contributed by atoms with E-state index in [9.17, 15) is 0 Å². The van der Waals surface area contributed by atoms with E-state index < -0.39 is 0 Å². The third-order valence-electron chi connectivity index (χ3n) is 2.15. The van der Waals surface area contributed by atoms with Crippen molar-refractivity contribution in [2.45, 2.75) is 20.0 Å². The van der Waals surface area contributed by atoms with Crippen molar-refractivity contribution in [3.8, 4) is 5.75 Å². The minimum atomic E-state index is 0.250. The fourth-order valence-corrected chi connectivity index (χ4v) is 2.47. The smallest absolute Gasteiger partial charge is 0.373 e. The van der Waals surface area contributed by atoms with Crippen molar-refractivity contribution < 1.29 is 14.3 Å². The Morgan fingerprint density at radius 1 is 1.37 bits per heavy atom. The quantitative estimate of drug-likeness (QED) is 0.854. The van der Waals surface area contributed by atoms with Crippen molar-refractivity contribution >= 4 is 33.4 Å². The highest BCUT2D eigenvalue weighted by molar-refractivity contribution is 9.10. The second-order valence-corrected chi connectivity index (χ2v) is 5.19. The van der Waals surface area contributed by atoms with E-state index in [1.807, 2.05) is 24.3 Å². The van der Waals surface area contributed by atoms with Gasteiger partial charge in [0.05, 0.1) is 10.2 Å². The van der Waals surface area contributed by atoms with Gasteiger partial charge in [0.25, 0.3) is 0 Å². The summed E-state index contributed by atoms with van der Waals surface area (Å²) in [6.45, 7) is 2.64. The Morgan fingerprint density at radius 3 is 2.63 bits per heavy atom. The highest BCUT2D eigenvalue weighted by Crippen LogP contribution is 2.25. The molecular weight excluding hydrogens is 330 g/mol. The number of ether oxygens (including phenoxy) is 1. The molecular formula is C13H12BrNO3S. The van der Waals surface area contributed by atoms with Crippen molar-refractivity contribution in [1.29, 1.82) is 0 Å². The van der Waals surface area contributed by atoms with Gasteiger partial charge in [-0.2, -0.15) is 9.59 Å². The third-order valence-corrected chi connectivity index (χ3v) is 3.68. The van der Waals surface area contributed by atoms with Gasteiger partial charge in [0.2, 0.25) is 0 Å². The van der Waals surface area contributed by atoms with Crippen LogP contribution < -0.4 is 4.74 Å². The Labute approximate surface area is 123 Å². The number of nitrogens with zero attached hydrogens (tertiary/aromatic N) is 1. The van der Waals surface area contributed by atoms with Crippen molar-refractivity contribution in [3.63, 3.8) is 0 Å². The highest BCUT2D eigenvalue weighted by atomic mass is 79.9. The molecule has 0 saturated heterocycles. The third kappa shape index (κ3) is 5.34. The summed E-state index contributed by atoms with van der Waals surface area (Å²) in [5, 5.41) is 3.10. The topological polar surface area (TPSA) is 56.3 Å². The molecule has 6 heteroatoms. The summed E-state index contributed by atoms with van der Waals surface area (Å²) in [5.41, 5.74) is 1.13. The standard InChI is InChI=1S/C12H12BrNOS.CO2/c1-2-9-8-16-12(14-9)7-15-11-6-4-3-5-10(11)13;2-1-3/h3-6,8H,2,7H2,1H3;. The number of halogens is 1. The van der Waals surface area contributed by atoms with Crippen molar-refractivity contribution in [3.05, 3.63) is 44.8 Å². The van der Waals surface area contributed by atoms with Crippen LogP contribution in [0, 0.1) is 0 Å².